The van der Waals surface area contributed by atoms with E-state index in [9.17, 15) is 0 Å². The van der Waals surface area contributed by atoms with Crippen molar-refractivity contribution in [1.29, 1.82) is 0 Å². The molecule has 4 heteroatoms. The number of aromatic nitrogens is 2. The van der Waals surface area contributed by atoms with Crippen LogP contribution in [0.25, 0.3) is 49.7 Å². The van der Waals surface area contributed by atoms with Gasteiger partial charge in [0.25, 0.3) is 0 Å². The maximum Gasteiger partial charge on any atom is 0.0454 e. The second kappa shape index (κ2) is 7.27. The second-order valence-electron chi connectivity index (χ2n) is 7.96. The topological polar surface area (TPSA) is 25.8 Å². The van der Waals surface area contributed by atoms with Gasteiger partial charge in [-0.1, -0.05) is 24.0 Å². The van der Waals surface area contributed by atoms with Crippen LogP contribution in [-0.2, 0) is 20.1 Å². The minimum atomic E-state index is 0. The summed E-state index contributed by atoms with van der Waals surface area (Å²) in [5, 5.41) is 7.50. The zero-order valence-electron chi connectivity index (χ0n) is 17.5. The zero-order valence-corrected chi connectivity index (χ0v) is 20.7. The van der Waals surface area contributed by atoms with E-state index in [-0.39, 0.29) is 20.1 Å². The van der Waals surface area contributed by atoms with Gasteiger partial charge in [-0.15, -0.1) is 53.2 Å². The Balaban J connectivity index is 0.00000204. The van der Waals surface area contributed by atoms with Gasteiger partial charge in [-0.05, 0) is 64.7 Å². The van der Waals surface area contributed by atoms with Gasteiger partial charge in [0.15, 0.2) is 0 Å². The molecule has 1 radical (unpaired) electrons. The summed E-state index contributed by atoms with van der Waals surface area (Å²) in [5.74, 6) is 0. The molecule has 0 fully saturated rings. The summed E-state index contributed by atoms with van der Waals surface area (Å²) in [7, 11) is 0. The Morgan fingerprint density at radius 3 is 2.48 bits per heavy atom. The minimum Gasteiger partial charge on any atom is -0.304 e. The van der Waals surface area contributed by atoms with Crippen LogP contribution in [0, 0.1) is 26.8 Å². The van der Waals surface area contributed by atoms with Gasteiger partial charge in [0.2, 0.25) is 0 Å². The first-order valence-corrected chi connectivity index (χ1v) is 10.9. The van der Waals surface area contributed by atoms with Crippen LogP contribution in [0.4, 0.5) is 0 Å². The molecule has 0 spiro atoms. The third-order valence-corrected chi connectivity index (χ3v) is 7.18. The van der Waals surface area contributed by atoms with Crippen LogP contribution in [0.3, 0.4) is 0 Å². The van der Waals surface area contributed by atoms with Crippen molar-refractivity contribution < 1.29 is 20.1 Å². The summed E-state index contributed by atoms with van der Waals surface area (Å²) >= 11 is 1.81. The normalized spacial score (nSPS) is 12.1. The van der Waals surface area contributed by atoms with Gasteiger partial charge in [-0.25, -0.2) is 0 Å². The molecule has 0 amide bonds. The number of aryl methyl sites for hydroxylation is 3. The average molecular weight is 596 g/mol. The Morgan fingerprint density at radius 1 is 0.903 bits per heavy atom. The molecule has 1 aliphatic rings. The molecule has 2 nitrogen and oxygen atoms in total. The molecular formula is C27H19IrN2S-. The monoisotopic (exact) mass is 596 g/mol. The molecule has 0 unspecified atom stereocenters. The number of benzene rings is 3. The van der Waals surface area contributed by atoms with E-state index in [1.54, 1.807) is 0 Å². The van der Waals surface area contributed by atoms with Crippen LogP contribution in [0.2, 0.25) is 0 Å². The number of fused-ring (bicyclic) bond motifs is 6. The Hall–Kier alpha value is -2.52. The van der Waals surface area contributed by atoms with Crippen molar-refractivity contribution in [1.82, 2.24) is 9.97 Å². The molecule has 0 saturated carbocycles. The van der Waals surface area contributed by atoms with Gasteiger partial charge < -0.3 is 4.98 Å². The Kier molecular flexibility index (Phi) is 4.78. The molecule has 1 aliphatic heterocycles. The summed E-state index contributed by atoms with van der Waals surface area (Å²) in [6.07, 6.45) is 3.83. The predicted octanol–water partition coefficient (Wildman–Crippen LogP) is 7.43. The number of rotatable bonds is 1. The van der Waals surface area contributed by atoms with Gasteiger partial charge >= 0.3 is 0 Å². The van der Waals surface area contributed by atoms with Crippen molar-refractivity contribution in [3.8, 4) is 11.3 Å². The van der Waals surface area contributed by atoms with Crippen LogP contribution >= 0.6 is 11.8 Å². The fourth-order valence-corrected chi connectivity index (χ4v) is 5.86. The van der Waals surface area contributed by atoms with Gasteiger partial charge in [0, 0.05) is 48.0 Å². The Morgan fingerprint density at radius 2 is 1.68 bits per heavy atom. The van der Waals surface area contributed by atoms with E-state index in [1.165, 1.54) is 42.1 Å². The standard InChI is InChI=1S/C27H19N2S.Ir/c1-5-17-12-24-23(10-14(17)2)27-26-20(8-9-28-27)19-7-6-18-16(4)29-15(3)11-21(18)22(19)13-25(26)30-24;/h5-9,11-13H,1H2,2-4H3;/q-1;. The number of pyridine rings is 2. The third kappa shape index (κ3) is 2.90. The molecular weight excluding hydrogens is 577 g/mol. The molecule has 0 aliphatic carbocycles. The van der Waals surface area contributed by atoms with Gasteiger partial charge in [-0.3, -0.25) is 4.98 Å². The van der Waals surface area contributed by atoms with Crippen molar-refractivity contribution >= 4 is 50.2 Å². The number of hydrogen-bond donors (Lipinski definition) is 0. The van der Waals surface area contributed by atoms with Gasteiger partial charge in [0.1, 0.15) is 0 Å². The zero-order chi connectivity index (χ0) is 20.6. The van der Waals surface area contributed by atoms with E-state index in [0.717, 1.165) is 33.8 Å². The van der Waals surface area contributed by atoms with Crippen molar-refractivity contribution in [2.45, 2.75) is 30.6 Å². The summed E-state index contributed by atoms with van der Waals surface area (Å²) in [6, 6.07) is 16.9. The molecule has 0 bridgehead atoms. The first kappa shape index (κ1) is 20.4. The molecule has 0 atom stereocenters. The van der Waals surface area contributed by atoms with Crippen LogP contribution in [0.15, 0.2) is 59.0 Å². The van der Waals surface area contributed by atoms with E-state index >= 15 is 0 Å². The largest absolute Gasteiger partial charge is 0.304 e. The maximum atomic E-state index is 4.79. The van der Waals surface area contributed by atoms with Crippen molar-refractivity contribution in [3.63, 3.8) is 0 Å². The Labute approximate surface area is 199 Å². The van der Waals surface area contributed by atoms with Crippen LogP contribution in [0.1, 0.15) is 22.5 Å². The first-order chi connectivity index (χ1) is 14.5. The molecule has 3 aromatic carbocycles. The molecule has 3 heterocycles. The number of hydrogen-bond acceptors (Lipinski definition) is 3. The fraction of sp³-hybridized carbons (Fsp3) is 0.111. The van der Waals surface area contributed by atoms with E-state index in [1.807, 2.05) is 24.0 Å². The van der Waals surface area contributed by atoms with Crippen LogP contribution in [-0.4, -0.2) is 9.97 Å². The fourth-order valence-electron chi connectivity index (χ4n) is 4.70. The average Bonchev–Trinajstić information content (AvgIpc) is 2.74. The van der Waals surface area contributed by atoms with Crippen LogP contribution in [0.5, 0.6) is 0 Å². The molecule has 153 valence electrons. The van der Waals surface area contributed by atoms with E-state index < -0.39 is 0 Å². The smallest absolute Gasteiger partial charge is 0.0454 e. The van der Waals surface area contributed by atoms with E-state index in [2.05, 4.69) is 74.8 Å². The van der Waals surface area contributed by atoms with E-state index in [4.69, 9.17) is 4.98 Å². The predicted molar refractivity (Wildman–Crippen MR) is 127 cm³/mol. The molecule has 6 rings (SSSR count). The summed E-state index contributed by atoms with van der Waals surface area (Å²) in [5.41, 5.74) is 6.48. The molecule has 2 aromatic heterocycles. The minimum absolute atomic E-state index is 0. The summed E-state index contributed by atoms with van der Waals surface area (Å²) in [6.45, 7) is 10.2. The van der Waals surface area contributed by atoms with Crippen molar-refractivity contribution in [2.24, 2.45) is 0 Å². The van der Waals surface area contributed by atoms with Crippen molar-refractivity contribution in [2.75, 3.05) is 0 Å². The molecule has 5 aromatic rings. The van der Waals surface area contributed by atoms with Gasteiger partial charge in [-0.2, -0.15) is 0 Å². The first-order valence-electron chi connectivity index (χ1n) is 10.0. The number of nitrogens with zero attached hydrogens (tertiary/aromatic N) is 2. The SMILES string of the molecule is C=Cc1cc2c([c-]c1C)-c1nccc3c1c(cc1c4cc(C)nc(C)c4ccc31)S2.[Ir]. The maximum absolute atomic E-state index is 4.79. The summed E-state index contributed by atoms with van der Waals surface area (Å²) in [4.78, 5) is 11.9. The molecule has 31 heavy (non-hydrogen) atoms. The Bertz CT molecular complexity index is 1570. The van der Waals surface area contributed by atoms with Crippen LogP contribution < -0.4 is 0 Å². The second-order valence-corrected chi connectivity index (χ2v) is 9.04. The molecule has 0 N–H and O–H groups in total. The van der Waals surface area contributed by atoms with Gasteiger partial charge in [0.05, 0.1) is 0 Å². The van der Waals surface area contributed by atoms with E-state index in [0.29, 0.717) is 0 Å². The van der Waals surface area contributed by atoms with Crippen molar-refractivity contribution in [3.05, 3.63) is 77.8 Å². The quantitative estimate of drug-likeness (QED) is 0.146. The summed E-state index contributed by atoms with van der Waals surface area (Å²) < 4.78 is 0. The molecule has 0 saturated heterocycles. The third-order valence-electron chi connectivity index (χ3n) is 6.09.